The van der Waals surface area contributed by atoms with Crippen LogP contribution in [0.2, 0.25) is 0 Å². The number of hydrogen-bond donors (Lipinski definition) is 1. The highest BCUT2D eigenvalue weighted by Crippen LogP contribution is 2.18. The van der Waals surface area contributed by atoms with Crippen molar-refractivity contribution in [2.45, 2.75) is 17.9 Å². The Morgan fingerprint density at radius 3 is 2.61 bits per heavy atom. The van der Waals surface area contributed by atoms with Crippen LogP contribution in [0, 0.1) is 5.82 Å². The van der Waals surface area contributed by atoms with Crippen LogP contribution in [0.1, 0.15) is 17.3 Å². The number of hydrogen-bond acceptors (Lipinski definition) is 3. The molecule has 1 N–H and O–H groups in total. The minimum atomic E-state index is -4.01. The van der Waals surface area contributed by atoms with Gasteiger partial charge in [-0.2, -0.15) is 0 Å². The van der Waals surface area contributed by atoms with Crippen LogP contribution in [0.25, 0.3) is 0 Å². The van der Waals surface area contributed by atoms with Crippen LogP contribution in [0.4, 0.5) is 4.39 Å². The number of amides is 1. The molecule has 18 heavy (non-hydrogen) atoms. The molecule has 0 aromatic heterocycles. The van der Waals surface area contributed by atoms with Gasteiger partial charge in [0.15, 0.2) is 0 Å². The number of halogens is 2. The Kier molecular flexibility index (Phi) is 4.48. The summed E-state index contributed by atoms with van der Waals surface area (Å²) in [6.07, 6.45) is 1.48. The molecule has 0 spiro atoms. The first-order valence-corrected chi connectivity index (χ1v) is 7.24. The molecule has 1 rings (SSSR count). The van der Waals surface area contributed by atoms with E-state index < -0.39 is 25.7 Å². The second-order valence-corrected chi connectivity index (χ2v) is 6.14. The normalized spacial score (nSPS) is 12.8. The topological polar surface area (TPSA) is 63.2 Å². The van der Waals surface area contributed by atoms with Crippen LogP contribution in [0.5, 0.6) is 0 Å². The quantitative estimate of drug-likeness (QED) is 0.682. The van der Waals surface area contributed by atoms with Crippen molar-refractivity contribution in [1.29, 1.82) is 0 Å². The molecule has 4 nitrogen and oxygen atoms in total. The molecule has 1 aromatic carbocycles. The highest BCUT2D eigenvalue weighted by Gasteiger charge is 2.17. The van der Waals surface area contributed by atoms with Gasteiger partial charge in [0.25, 0.3) is 15.0 Å². The van der Waals surface area contributed by atoms with Gasteiger partial charge in [0.1, 0.15) is 5.82 Å². The predicted octanol–water partition coefficient (Wildman–Crippen LogP) is 2.06. The maximum Gasteiger partial charge on any atom is 0.261 e. The minimum absolute atomic E-state index is 0.257. The maximum atomic E-state index is 13.6. The fourth-order valence-corrected chi connectivity index (χ4v) is 1.94. The second-order valence-electron chi connectivity index (χ2n) is 3.58. The van der Waals surface area contributed by atoms with Crippen LogP contribution in [0.15, 0.2) is 35.7 Å². The van der Waals surface area contributed by atoms with Gasteiger partial charge in [-0.25, -0.2) is 12.8 Å². The summed E-state index contributed by atoms with van der Waals surface area (Å²) in [5.41, 5.74) is -0.257. The lowest BCUT2D eigenvalue weighted by atomic mass is 10.2. The summed E-state index contributed by atoms with van der Waals surface area (Å²) in [6, 6.07) is 2.51. The first-order chi connectivity index (χ1) is 8.25. The molecule has 1 unspecified atom stereocenters. The molecular weight excluding hydrogens is 281 g/mol. The smallest absolute Gasteiger partial charge is 0.261 e. The van der Waals surface area contributed by atoms with E-state index in [2.05, 4.69) is 11.9 Å². The van der Waals surface area contributed by atoms with Crippen molar-refractivity contribution >= 4 is 25.6 Å². The molecule has 98 valence electrons. The first-order valence-electron chi connectivity index (χ1n) is 4.93. The highest BCUT2D eigenvalue weighted by atomic mass is 35.7. The molecule has 0 fully saturated rings. The van der Waals surface area contributed by atoms with Crippen molar-refractivity contribution in [3.8, 4) is 0 Å². The van der Waals surface area contributed by atoms with E-state index in [0.29, 0.717) is 6.07 Å². The maximum absolute atomic E-state index is 13.6. The standard InChI is InChI=1S/C11H11ClFNO3S/c1-3-7(2)14-11(15)9-5-4-8(6-10(9)13)18(12,16)17/h3-7H,1H2,2H3,(H,14,15). The fraction of sp³-hybridized carbons (Fsp3) is 0.182. The summed E-state index contributed by atoms with van der Waals surface area (Å²) in [7, 11) is 1.05. The molecule has 1 amide bonds. The number of nitrogens with one attached hydrogen (secondary N) is 1. The van der Waals surface area contributed by atoms with E-state index in [1.165, 1.54) is 6.08 Å². The van der Waals surface area contributed by atoms with Gasteiger partial charge in [0.05, 0.1) is 10.5 Å². The Hall–Kier alpha value is -1.40. The molecule has 0 bridgehead atoms. The van der Waals surface area contributed by atoms with E-state index in [0.717, 1.165) is 12.1 Å². The van der Waals surface area contributed by atoms with Gasteiger partial charge < -0.3 is 5.32 Å². The summed E-state index contributed by atoms with van der Waals surface area (Å²) < 4.78 is 35.5. The van der Waals surface area contributed by atoms with E-state index in [-0.39, 0.29) is 11.6 Å². The Balaban J connectivity index is 3.07. The highest BCUT2D eigenvalue weighted by molar-refractivity contribution is 8.13. The van der Waals surface area contributed by atoms with Crippen LogP contribution in [0.3, 0.4) is 0 Å². The van der Waals surface area contributed by atoms with E-state index in [1.54, 1.807) is 6.92 Å². The SMILES string of the molecule is C=CC(C)NC(=O)c1ccc(S(=O)(=O)Cl)cc1F. The monoisotopic (exact) mass is 291 g/mol. The summed E-state index contributed by atoms with van der Waals surface area (Å²) in [5, 5.41) is 2.47. The first kappa shape index (κ1) is 14.7. The van der Waals surface area contributed by atoms with Crippen LogP contribution >= 0.6 is 10.7 Å². The molecule has 0 saturated heterocycles. The van der Waals surface area contributed by atoms with Crippen molar-refractivity contribution in [1.82, 2.24) is 5.32 Å². The Morgan fingerprint density at radius 1 is 1.56 bits per heavy atom. The molecular formula is C11H11ClFNO3S. The number of carbonyl (C=O) groups is 1. The van der Waals surface area contributed by atoms with Crippen molar-refractivity contribution < 1.29 is 17.6 Å². The lowest BCUT2D eigenvalue weighted by Crippen LogP contribution is -2.31. The van der Waals surface area contributed by atoms with E-state index in [1.807, 2.05) is 0 Å². The summed E-state index contributed by atoms with van der Waals surface area (Å²) in [5.74, 6) is -1.61. The third kappa shape index (κ3) is 3.54. The summed E-state index contributed by atoms with van der Waals surface area (Å²) >= 11 is 0. The van der Waals surface area contributed by atoms with Crippen LogP contribution in [-0.4, -0.2) is 20.4 Å². The molecule has 1 aromatic rings. The van der Waals surface area contributed by atoms with Gasteiger partial charge in [-0.15, -0.1) is 6.58 Å². The zero-order chi connectivity index (χ0) is 13.9. The molecule has 0 aliphatic heterocycles. The number of rotatable bonds is 4. The summed E-state index contributed by atoms with van der Waals surface area (Å²) in [4.78, 5) is 11.2. The van der Waals surface area contributed by atoms with Crippen molar-refractivity contribution in [3.63, 3.8) is 0 Å². The third-order valence-electron chi connectivity index (χ3n) is 2.18. The minimum Gasteiger partial charge on any atom is -0.346 e. The van der Waals surface area contributed by atoms with Gasteiger partial charge >= 0.3 is 0 Å². The molecule has 1 atom stereocenters. The number of carbonyl (C=O) groups excluding carboxylic acids is 1. The van der Waals surface area contributed by atoms with Gasteiger partial charge in [-0.3, -0.25) is 4.79 Å². The molecule has 0 heterocycles. The lowest BCUT2D eigenvalue weighted by Gasteiger charge is -2.10. The van der Waals surface area contributed by atoms with Gasteiger partial charge in [0, 0.05) is 16.7 Å². The van der Waals surface area contributed by atoms with Gasteiger partial charge in [0.2, 0.25) is 0 Å². The summed E-state index contributed by atoms with van der Waals surface area (Å²) in [6.45, 7) is 5.14. The molecule has 0 aliphatic carbocycles. The van der Waals surface area contributed by atoms with Crippen LogP contribution in [-0.2, 0) is 9.05 Å². The molecule has 0 radical (unpaired) electrons. The average molecular weight is 292 g/mol. The van der Waals surface area contributed by atoms with Crippen molar-refractivity contribution in [2.75, 3.05) is 0 Å². The molecule has 0 saturated carbocycles. The van der Waals surface area contributed by atoms with Crippen molar-refractivity contribution in [3.05, 3.63) is 42.2 Å². The lowest BCUT2D eigenvalue weighted by molar-refractivity contribution is 0.0943. The van der Waals surface area contributed by atoms with Gasteiger partial charge in [-0.1, -0.05) is 6.08 Å². The Bertz CT molecular complexity index is 586. The van der Waals surface area contributed by atoms with E-state index in [9.17, 15) is 17.6 Å². The van der Waals surface area contributed by atoms with E-state index >= 15 is 0 Å². The largest absolute Gasteiger partial charge is 0.346 e. The molecule has 0 aliphatic rings. The van der Waals surface area contributed by atoms with Crippen molar-refractivity contribution in [2.24, 2.45) is 0 Å². The molecule has 7 heteroatoms. The second kappa shape index (κ2) is 5.49. The fourth-order valence-electron chi connectivity index (χ4n) is 1.18. The zero-order valence-corrected chi connectivity index (χ0v) is 11.1. The van der Waals surface area contributed by atoms with Crippen LogP contribution < -0.4 is 5.32 Å². The Morgan fingerprint density at radius 2 is 2.17 bits per heavy atom. The number of benzene rings is 1. The van der Waals surface area contributed by atoms with Gasteiger partial charge in [-0.05, 0) is 25.1 Å². The Labute approximate surface area is 109 Å². The van der Waals surface area contributed by atoms with E-state index in [4.69, 9.17) is 10.7 Å². The zero-order valence-electron chi connectivity index (χ0n) is 9.48. The predicted molar refractivity (Wildman–Crippen MR) is 66.6 cm³/mol. The average Bonchev–Trinajstić information content (AvgIpc) is 2.27. The third-order valence-corrected chi connectivity index (χ3v) is 3.53.